The molecule has 2 aromatic rings. The third-order valence-corrected chi connectivity index (χ3v) is 4.93. The lowest BCUT2D eigenvalue weighted by Gasteiger charge is -2.25. The van der Waals surface area contributed by atoms with Crippen LogP contribution >= 0.6 is 23.2 Å². The quantitative estimate of drug-likeness (QED) is 0.880. The van der Waals surface area contributed by atoms with Crippen molar-refractivity contribution >= 4 is 34.1 Å². The van der Waals surface area contributed by atoms with Crippen molar-refractivity contribution < 1.29 is 0 Å². The molecule has 1 unspecified atom stereocenters. The molecule has 0 radical (unpaired) electrons. The van der Waals surface area contributed by atoms with Crippen molar-refractivity contribution in [2.24, 2.45) is 11.5 Å². The summed E-state index contributed by atoms with van der Waals surface area (Å²) in [5, 5.41) is 2.22. The van der Waals surface area contributed by atoms with E-state index in [0.717, 1.165) is 47.8 Å². The standard InChI is InChI=1S/C17H21Cl2N3/c18-10-8-12(19)17-15(9-10)22-14-6-2-1-4-11(14)16(17)13(21)5-3-7-20/h8-9,13H,1-7,20-21H2. The number of rotatable bonds is 4. The molecule has 3 rings (SSSR count). The van der Waals surface area contributed by atoms with Crippen LogP contribution in [0, 0.1) is 0 Å². The molecule has 0 saturated heterocycles. The summed E-state index contributed by atoms with van der Waals surface area (Å²) in [6.07, 6.45) is 6.17. The van der Waals surface area contributed by atoms with Crippen LogP contribution < -0.4 is 11.5 Å². The highest BCUT2D eigenvalue weighted by molar-refractivity contribution is 6.38. The van der Waals surface area contributed by atoms with E-state index in [-0.39, 0.29) is 6.04 Å². The van der Waals surface area contributed by atoms with Gasteiger partial charge in [0.05, 0.1) is 10.5 Å². The lowest BCUT2D eigenvalue weighted by Crippen LogP contribution is -2.19. The first-order valence-corrected chi connectivity index (χ1v) is 8.63. The molecule has 1 aromatic heterocycles. The lowest BCUT2D eigenvalue weighted by molar-refractivity contribution is 0.599. The van der Waals surface area contributed by atoms with Crippen LogP contribution in [0.5, 0.6) is 0 Å². The first-order valence-electron chi connectivity index (χ1n) is 7.88. The van der Waals surface area contributed by atoms with Gasteiger partial charge in [-0.05, 0) is 68.3 Å². The van der Waals surface area contributed by atoms with Crippen LogP contribution in [0.4, 0.5) is 0 Å². The molecule has 5 heteroatoms. The zero-order valence-corrected chi connectivity index (χ0v) is 14.1. The molecule has 0 saturated carbocycles. The van der Waals surface area contributed by atoms with Gasteiger partial charge >= 0.3 is 0 Å². The summed E-state index contributed by atoms with van der Waals surface area (Å²) in [4.78, 5) is 4.81. The van der Waals surface area contributed by atoms with E-state index in [1.807, 2.05) is 6.07 Å². The second-order valence-corrected chi connectivity index (χ2v) is 6.82. The molecule has 118 valence electrons. The summed E-state index contributed by atoms with van der Waals surface area (Å²) in [6.45, 7) is 0.651. The summed E-state index contributed by atoms with van der Waals surface area (Å²) in [7, 11) is 0. The van der Waals surface area contributed by atoms with Gasteiger partial charge in [-0.15, -0.1) is 0 Å². The van der Waals surface area contributed by atoms with Crippen molar-refractivity contribution in [3.05, 3.63) is 39.0 Å². The number of hydrogen-bond acceptors (Lipinski definition) is 3. The fourth-order valence-electron chi connectivity index (χ4n) is 3.41. The largest absolute Gasteiger partial charge is 0.330 e. The van der Waals surface area contributed by atoms with Crippen molar-refractivity contribution in [2.75, 3.05) is 6.54 Å². The van der Waals surface area contributed by atoms with Crippen LogP contribution in [0.15, 0.2) is 12.1 Å². The van der Waals surface area contributed by atoms with Gasteiger partial charge in [0.15, 0.2) is 0 Å². The van der Waals surface area contributed by atoms with Crippen molar-refractivity contribution in [2.45, 2.75) is 44.6 Å². The molecule has 22 heavy (non-hydrogen) atoms. The van der Waals surface area contributed by atoms with Crippen molar-refractivity contribution in [1.29, 1.82) is 0 Å². The summed E-state index contributed by atoms with van der Waals surface area (Å²) in [5.41, 5.74) is 16.6. The summed E-state index contributed by atoms with van der Waals surface area (Å²) < 4.78 is 0. The topological polar surface area (TPSA) is 64.9 Å². The van der Waals surface area contributed by atoms with Crippen molar-refractivity contribution in [3.63, 3.8) is 0 Å². The molecule has 1 heterocycles. The Hall–Kier alpha value is -0.870. The Kier molecular flexibility index (Phi) is 4.88. The lowest BCUT2D eigenvalue weighted by atomic mass is 9.86. The first-order chi connectivity index (χ1) is 10.6. The van der Waals surface area contributed by atoms with Gasteiger partial charge < -0.3 is 11.5 Å². The monoisotopic (exact) mass is 337 g/mol. The highest BCUT2D eigenvalue weighted by Gasteiger charge is 2.23. The van der Waals surface area contributed by atoms with E-state index in [1.165, 1.54) is 18.4 Å². The fraction of sp³-hybridized carbons (Fsp3) is 0.471. The van der Waals surface area contributed by atoms with E-state index >= 15 is 0 Å². The molecule has 0 spiro atoms. The number of benzene rings is 1. The van der Waals surface area contributed by atoms with Crippen molar-refractivity contribution in [3.8, 4) is 0 Å². The van der Waals surface area contributed by atoms with Gasteiger partial charge in [0.1, 0.15) is 0 Å². The second-order valence-electron chi connectivity index (χ2n) is 5.98. The highest BCUT2D eigenvalue weighted by atomic mass is 35.5. The van der Waals surface area contributed by atoms with E-state index in [1.54, 1.807) is 6.07 Å². The first kappa shape index (κ1) is 16.0. The van der Waals surface area contributed by atoms with Gasteiger partial charge in [-0.1, -0.05) is 23.2 Å². The summed E-state index contributed by atoms with van der Waals surface area (Å²) >= 11 is 12.6. The molecule has 1 atom stereocenters. The number of nitrogens with two attached hydrogens (primary N) is 2. The molecule has 1 aromatic carbocycles. The SMILES string of the molecule is NCCCC(N)c1c2c(nc3cc(Cl)cc(Cl)c13)CCCC2. The number of aromatic nitrogens is 1. The molecule has 0 bridgehead atoms. The third kappa shape index (κ3) is 2.95. The zero-order valence-electron chi connectivity index (χ0n) is 12.5. The van der Waals surface area contributed by atoms with Gasteiger partial charge in [-0.3, -0.25) is 4.98 Å². The van der Waals surface area contributed by atoms with E-state index in [9.17, 15) is 0 Å². The summed E-state index contributed by atoms with van der Waals surface area (Å²) in [5.74, 6) is 0. The predicted octanol–water partition coefficient (Wildman–Crippen LogP) is 4.16. The molecular formula is C17H21Cl2N3. The minimum absolute atomic E-state index is 0.0559. The highest BCUT2D eigenvalue weighted by Crippen LogP contribution is 2.38. The number of pyridine rings is 1. The maximum Gasteiger partial charge on any atom is 0.0738 e. The Morgan fingerprint density at radius 2 is 1.95 bits per heavy atom. The van der Waals surface area contributed by atoms with E-state index in [0.29, 0.717) is 16.6 Å². The second kappa shape index (κ2) is 6.71. The van der Waals surface area contributed by atoms with Crippen molar-refractivity contribution in [1.82, 2.24) is 4.98 Å². The van der Waals surface area contributed by atoms with Gasteiger partial charge in [0.2, 0.25) is 0 Å². The molecule has 1 aliphatic carbocycles. The van der Waals surface area contributed by atoms with E-state index in [4.69, 9.17) is 39.7 Å². The summed E-state index contributed by atoms with van der Waals surface area (Å²) in [6, 6.07) is 3.61. The van der Waals surface area contributed by atoms with Crippen LogP contribution in [0.3, 0.4) is 0 Å². The fourth-order valence-corrected chi connectivity index (χ4v) is 3.99. The van der Waals surface area contributed by atoms with Crippen LogP contribution in [0.1, 0.15) is 48.5 Å². The Morgan fingerprint density at radius 1 is 1.18 bits per heavy atom. The minimum atomic E-state index is -0.0559. The number of aryl methyl sites for hydroxylation is 1. The predicted molar refractivity (Wildman–Crippen MR) is 93.6 cm³/mol. The smallest absolute Gasteiger partial charge is 0.0738 e. The van der Waals surface area contributed by atoms with Crippen LogP contribution in [0.2, 0.25) is 10.0 Å². The normalized spacial score (nSPS) is 15.8. The van der Waals surface area contributed by atoms with Gasteiger partial charge in [-0.2, -0.15) is 0 Å². The van der Waals surface area contributed by atoms with E-state index < -0.39 is 0 Å². The van der Waals surface area contributed by atoms with Gasteiger partial charge in [0.25, 0.3) is 0 Å². The van der Waals surface area contributed by atoms with Gasteiger partial charge in [0, 0.05) is 22.1 Å². The van der Waals surface area contributed by atoms with Gasteiger partial charge in [-0.25, -0.2) is 0 Å². The molecule has 0 aliphatic heterocycles. The van der Waals surface area contributed by atoms with E-state index in [2.05, 4.69) is 0 Å². The molecule has 0 amide bonds. The number of halogens is 2. The molecule has 3 nitrogen and oxygen atoms in total. The van der Waals surface area contributed by atoms with Crippen LogP contribution in [-0.4, -0.2) is 11.5 Å². The maximum absolute atomic E-state index is 6.50. The third-order valence-electron chi connectivity index (χ3n) is 4.41. The maximum atomic E-state index is 6.50. The zero-order chi connectivity index (χ0) is 15.7. The number of nitrogens with zero attached hydrogens (tertiary/aromatic N) is 1. The molecule has 0 fully saturated rings. The number of fused-ring (bicyclic) bond motifs is 2. The average molecular weight is 338 g/mol. The Bertz CT molecular complexity index is 700. The van der Waals surface area contributed by atoms with Crippen LogP contribution in [-0.2, 0) is 12.8 Å². The Balaban J connectivity index is 2.24. The Labute approximate surface area is 141 Å². The average Bonchev–Trinajstić information content (AvgIpc) is 2.50. The Morgan fingerprint density at radius 3 is 2.73 bits per heavy atom. The van der Waals surface area contributed by atoms with Crippen LogP contribution in [0.25, 0.3) is 10.9 Å². The minimum Gasteiger partial charge on any atom is -0.330 e. The number of hydrogen-bond donors (Lipinski definition) is 2. The molecule has 1 aliphatic rings. The molecular weight excluding hydrogens is 317 g/mol. The molecule has 4 N–H and O–H groups in total.